The average molecular weight is 513 g/mol. The van der Waals surface area contributed by atoms with Gasteiger partial charge in [0.15, 0.2) is 0 Å². The molecule has 0 N–H and O–H groups in total. The molecule has 1 atom stereocenters. The fraction of sp³-hybridized carbons (Fsp3) is 0.333. The zero-order valence-corrected chi connectivity index (χ0v) is 21.6. The molecule has 2 aliphatic heterocycles. The fourth-order valence-electron chi connectivity index (χ4n) is 5.52. The summed E-state index contributed by atoms with van der Waals surface area (Å²) in [7, 11) is 2.16. The highest BCUT2D eigenvalue weighted by atomic mass is 35.5. The summed E-state index contributed by atoms with van der Waals surface area (Å²) in [5, 5.41) is 1.33. The molecule has 35 heavy (non-hydrogen) atoms. The number of aromatic nitrogens is 3. The third-order valence-corrected chi connectivity index (χ3v) is 7.23. The van der Waals surface area contributed by atoms with Crippen LogP contribution in [0.1, 0.15) is 41.4 Å². The lowest BCUT2D eigenvalue weighted by molar-refractivity contribution is 0.242. The number of benzene rings is 1. The van der Waals surface area contributed by atoms with E-state index in [2.05, 4.69) is 39.7 Å². The summed E-state index contributed by atoms with van der Waals surface area (Å²) < 4.78 is 9.85. The van der Waals surface area contributed by atoms with Gasteiger partial charge in [-0.3, -0.25) is 19.2 Å². The third kappa shape index (κ3) is 4.46. The Bertz CT molecular complexity index is 1410. The van der Waals surface area contributed by atoms with Crippen molar-refractivity contribution in [3.8, 4) is 11.4 Å². The topological polar surface area (TPSA) is 52.3 Å². The molecular weight excluding hydrogens is 483 g/mol. The summed E-state index contributed by atoms with van der Waals surface area (Å²) in [6, 6.07) is 14.3. The van der Waals surface area contributed by atoms with Crippen LogP contribution in [0.25, 0.3) is 16.6 Å². The van der Waals surface area contributed by atoms with Crippen LogP contribution >= 0.6 is 24.8 Å². The van der Waals surface area contributed by atoms with Crippen molar-refractivity contribution in [1.82, 2.24) is 19.0 Å². The lowest BCUT2D eigenvalue weighted by atomic mass is 9.96. The maximum Gasteiger partial charge on any atom is 0.258 e. The molecule has 1 unspecified atom stereocenters. The molecule has 184 valence electrons. The minimum absolute atomic E-state index is 0. The van der Waals surface area contributed by atoms with Gasteiger partial charge in [-0.2, -0.15) is 0 Å². The molecule has 1 fully saturated rings. The molecule has 0 radical (unpaired) electrons. The lowest BCUT2D eigenvalue weighted by Gasteiger charge is -2.30. The molecule has 0 amide bonds. The zero-order valence-electron chi connectivity index (χ0n) is 19.9. The third-order valence-electron chi connectivity index (χ3n) is 7.23. The van der Waals surface area contributed by atoms with E-state index in [1.54, 1.807) is 23.0 Å². The fourth-order valence-corrected chi connectivity index (χ4v) is 5.52. The van der Waals surface area contributed by atoms with E-state index in [4.69, 9.17) is 4.74 Å². The van der Waals surface area contributed by atoms with Gasteiger partial charge in [-0.05, 0) is 56.1 Å². The van der Waals surface area contributed by atoms with Crippen molar-refractivity contribution >= 4 is 35.7 Å². The van der Waals surface area contributed by atoms with Crippen molar-refractivity contribution < 1.29 is 4.74 Å². The second-order valence-corrected chi connectivity index (χ2v) is 9.23. The van der Waals surface area contributed by atoms with Crippen LogP contribution in [0.3, 0.4) is 0 Å². The molecule has 0 aliphatic carbocycles. The van der Waals surface area contributed by atoms with Crippen LogP contribution in [0.4, 0.5) is 0 Å². The molecule has 0 bridgehead atoms. The molecule has 2 aliphatic rings. The molecule has 8 heteroatoms. The maximum absolute atomic E-state index is 12.9. The average Bonchev–Trinajstić information content (AvgIpc) is 3.41. The summed E-state index contributed by atoms with van der Waals surface area (Å²) in [4.78, 5) is 19.8. The normalized spacial score (nSPS) is 16.8. The van der Waals surface area contributed by atoms with Gasteiger partial charge in [-0.1, -0.05) is 12.1 Å². The standard InChI is InChI=1S/C27H28N4O2.2ClH/c1-18-5-6-19(16-28-18)17-33-21-9-13-31(26(32)15-21)20-7-8-22-25(14-20)29(2)23-10-12-30-11-3-4-24(30)27(22)23;;/h5-9,13-16,24H,3-4,10-12,17H2,1-2H3;2*1H. The molecule has 1 aromatic carbocycles. The summed E-state index contributed by atoms with van der Waals surface area (Å²) in [6.07, 6.45) is 7.22. The SMILES string of the molecule is Cc1ccc(COc2ccn(-c3ccc4c5c(n(C)c4c3)CCN3CCCC53)c(=O)c2)cn1.Cl.Cl. The van der Waals surface area contributed by atoms with Gasteiger partial charge in [0.1, 0.15) is 12.4 Å². The molecule has 3 aromatic heterocycles. The highest BCUT2D eigenvalue weighted by Gasteiger charge is 2.34. The monoisotopic (exact) mass is 512 g/mol. The Labute approximate surface area is 217 Å². The van der Waals surface area contributed by atoms with E-state index < -0.39 is 0 Å². The van der Waals surface area contributed by atoms with Crippen molar-refractivity contribution in [3.63, 3.8) is 0 Å². The second-order valence-electron chi connectivity index (χ2n) is 9.23. The van der Waals surface area contributed by atoms with E-state index in [9.17, 15) is 4.79 Å². The predicted molar refractivity (Wildman–Crippen MR) is 144 cm³/mol. The largest absolute Gasteiger partial charge is 0.489 e. The van der Waals surface area contributed by atoms with Gasteiger partial charge in [-0.25, -0.2) is 0 Å². The maximum atomic E-state index is 12.9. The van der Waals surface area contributed by atoms with Crippen LogP contribution < -0.4 is 10.3 Å². The minimum atomic E-state index is -0.102. The Morgan fingerprint density at radius 2 is 1.94 bits per heavy atom. The molecular formula is C27H30Cl2N4O2. The van der Waals surface area contributed by atoms with Crippen molar-refractivity contribution in [1.29, 1.82) is 0 Å². The van der Waals surface area contributed by atoms with Crippen LogP contribution in [-0.2, 0) is 20.1 Å². The summed E-state index contributed by atoms with van der Waals surface area (Å²) in [5.74, 6) is 0.563. The number of aryl methyl sites for hydroxylation is 2. The van der Waals surface area contributed by atoms with Gasteiger partial charge in [-0.15, -0.1) is 24.8 Å². The Morgan fingerprint density at radius 1 is 1.09 bits per heavy atom. The van der Waals surface area contributed by atoms with E-state index in [-0.39, 0.29) is 30.4 Å². The quantitative estimate of drug-likeness (QED) is 0.379. The predicted octanol–water partition coefficient (Wildman–Crippen LogP) is 5.15. The number of ether oxygens (including phenoxy) is 1. The van der Waals surface area contributed by atoms with E-state index in [0.717, 1.165) is 29.9 Å². The van der Waals surface area contributed by atoms with Crippen molar-refractivity contribution in [2.24, 2.45) is 7.05 Å². The summed E-state index contributed by atoms with van der Waals surface area (Å²) >= 11 is 0. The van der Waals surface area contributed by atoms with E-state index in [0.29, 0.717) is 18.4 Å². The number of halogens is 2. The van der Waals surface area contributed by atoms with Gasteiger partial charge in [0, 0.05) is 66.9 Å². The molecule has 4 aromatic rings. The van der Waals surface area contributed by atoms with Crippen LogP contribution in [0.2, 0.25) is 0 Å². The van der Waals surface area contributed by atoms with E-state index >= 15 is 0 Å². The molecule has 0 spiro atoms. The van der Waals surface area contributed by atoms with Gasteiger partial charge >= 0.3 is 0 Å². The number of nitrogens with zero attached hydrogens (tertiary/aromatic N) is 4. The van der Waals surface area contributed by atoms with Crippen molar-refractivity contribution in [3.05, 3.63) is 87.7 Å². The number of fused-ring (bicyclic) bond motifs is 5. The van der Waals surface area contributed by atoms with Crippen LogP contribution in [0.15, 0.2) is 59.7 Å². The smallest absolute Gasteiger partial charge is 0.258 e. The number of hydrogen-bond acceptors (Lipinski definition) is 4. The van der Waals surface area contributed by atoms with Gasteiger partial charge < -0.3 is 9.30 Å². The van der Waals surface area contributed by atoms with Crippen molar-refractivity contribution in [2.75, 3.05) is 13.1 Å². The number of rotatable bonds is 4. The highest BCUT2D eigenvalue weighted by molar-refractivity contribution is 5.88. The van der Waals surface area contributed by atoms with E-state index in [1.807, 2.05) is 25.1 Å². The van der Waals surface area contributed by atoms with Gasteiger partial charge in [0.05, 0.1) is 11.2 Å². The van der Waals surface area contributed by atoms with Crippen molar-refractivity contribution in [2.45, 2.75) is 38.8 Å². The summed E-state index contributed by atoms with van der Waals surface area (Å²) in [5.41, 5.74) is 6.88. The molecule has 6 rings (SSSR count). The van der Waals surface area contributed by atoms with Gasteiger partial charge in [0.25, 0.3) is 5.56 Å². The van der Waals surface area contributed by atoms with Crippen LogP contribution in [0, 0.1) is 6.92 Å². The Morgan fingerprint density at radius 3 is 2.71 bits per heavy atom. The Balaban J connectivity index is 0.00000144. The molecule has 0 saturated carbocycles. The number of hydrogen-bond donors (Lipinski definition) is 0. The first kappa shape index (κ1) is 25.3. The minimum Gasteiger partial charge on any atom is -0.489 e. The first-order valence-electron chi connectivity index (χ1n) is 11.7. The first-order chi connectivity index (χ1) is 16.1. The number of pyridine rings is 2. The van der Waals surface area contributed by atoms with E-state index in [1.165, 1.54) is 41.5 Å². The molecule has 6 nitrogen and oxygen atoms in total. The van der Waals surface area contributed by atoms with Crippen LogP contribution in [0.5, 0.6) is 5.75 Å². The molecule has 5 heterocycles. The van der Waals surface area contributed by atoms with Crippen LogP contribution in [-0.4, -0.2) is 32.1 Å². The summed E-state index contributed by atoms with van der Waals surface area (Å²) in [6.45, 7) is 4.70. The zero-order chi connectivity index (χ0) is 22.5. The first-order valence-corrected chi connectivity index (χ1v) is 11.7. The Kier molecular flexibility index (Phi) is 7.27. The second kappa shape index (κ2) is 10.1. The highest BCUT2D eigenvalue weighted by Crippen LogP contribution is 2.42. The van der Waals surface area contributed by atoms with Gasteiger partial charge in [0.2, 0.25) is 0 Å². The molecule has 1 saturated heterocycles. The lowest BCUT2D eigenvalue weighted by Crippen LogP contribution is -2.31. The Hall–Kier alpha value is -2.80.